The third-order valence-electron chi connectivity index (χ3n) is 3.27. The van der Waals surface area contributed by atoms with Gasteiger partial charge in [0.25, 0.3) is 5.91 Å². The largest absolute Gasteiger partial charge is 0.416 e. The average molecular weight is 354 g/mol. The molecule has 0 unspecified atom stereocenters. The molecule has 2 aromatic carbocycles. The second kappa shape index (κ2) is 7.33. The SMILES string of the molecule is CN(CC(=O)Nc1cccc(F)c1)C(=O)c1cccc(C(F)(F)F)c1. The van der Waals surface area contributed by atoms with Gasteiger partial charge >= 0.3 is 6.18 Å². The summed E-state index contributed by atoms with van der Waals surface area (Å²) in [6, 6.07) is 9.12. The molecule has 25 heavy (non-hydrogen) atoms. The highest BCUT2D eigenvalue weighted by Gasteiger charge is 2.31. The summed E-state index contributed by atoms with van der Waals surface area (Å²) in [5.41, 5.74) is -0.920. The van der Waals surface area contributed by atoms with Gasteiger partial charge < -0.3 is 10.2 Å². The Morgan fingerprint density at radius 3 is 2.40 bits per heavy atom. The fraction of sp³-hybridized carbons (Fsp3) is 0.176. The molecule has 0 radical (unpaired) electrons. The van der Waals surface area contributed by atoms with E-state index in [2.05, 4.69) is 5.32 Å². The first-order valence-electron chi connectivity index (χ1n) is 7.15. The number of nitrogens with one attached hydrogen (secondary N) is 1. The third kappa shape index (κ3) is 5.03. The fourth-order valence-electron chi connectivity index (χ4n) is 2.10. The van der Waals surface area contributed by atoms with Gasteiger partial charge in [-0.15, -0.1) is 0 Å². The van der Waals surface area contributed by atoms with Crippen molar-refractivity contribution in [1.29, 1.82) is 0 Å². The van der Waals surface area contributed by atoms with Crippen LogP contribution in [0.3, 0.4) is 0 Å². The van der Waals surface area contributed by atoms with Gasteiger partial charge in [-0.2, -0.15) is 13.2 Å². The van der Waals surface area contributed by atoms with Crippen molar-refractivity contribution < 1.29 is 27.2 Å². The van der Waals surface area contributed by atoms with Crippen molar-refractivity contribution in [3.63, 3.8) is 0 Å². The molecule has 0 aliphatic carbocycles. The van der Waals surface area contributed by atoms with E-state index in [4.69, 9.17) is 0 Å². The summed E-state index contributed by atoms with van der Waals surface area (Å²) in [7, 11) is 1.29. The van der Waals surface area contributed by atoms with Gasteiger partial charge in [-0.1, -0.05) is 12.1 Å². The van der Waals surface area contributed by atoms with Gasteiger partial charge in [-0.3, -0.25) is 9.59 Å². The number of rotatable bonds is 4. The van der Waals surface area contributed by atoms with E-state index in [1.54, 1.807) is 0 Å². The minimum absolute atomic E-state index is 0.184. The molecule has 0 bridgehead atoms. The van der Waals surface area contributed by atoms with E-state index in [9.17, 15) is 27.2 Å². The van der Waals surface area contributed by atoms with Crippen LogP contribution in [0.4, 0.5) is 23.2 Å². The molecule has 132 valence electrons. The molecular weight excluding hydrogens is 340 g/mol. The smallest absolute Gasteiger partial charge is 0.332 e. The summed E-state index contributed by atoms with van der Waals surface area (Å²) in [6.07, 6.45) is -4.57. The monoisotopic (exact) mass is 354 g/mol. The van der Waals surface area contributed by atoms with E-state index in [0.717, 1.165) is 29.2 Å². The molecule has 0 aliphatic rings. The van der Waals surface area contributed by atoms with Crippen molar-refractivity contribution in [2.45, 2.75) is 6.18 Å². The van der Waals surface area contributed by atoms with Gasteiger partial charge in [0.05, 0.1) is 12.1 Å². The number of hydrogen-bond donors (Lipinski definition) is 1. The van der Waals surface area contributed by atoms with Crippen molar-refractivity contribution in [2.75, 3.05) is 18.9 Å². The van der Waals surface area contributed by atoms with Gasteiger partial charge in [0.2, 0.25) is 5.91 Å². The quantitative estimate of drug-likeness (QED) is 0.854. The van der Waals surface area contributed by atoms with E-state index in [-0.39, 0.29) is 11.3 Å². The summed E-state index contributed by atoms with van der Waals surface area (Å²) >= 11 is 0. The van der Waals surface area contributed by atoms with E-state index >= 15 is 0 Å². The molecule has 0 fully saturated rings. The number of carbonyl (C=O) groups is 2. The second-order valence-corrected chi connectivity index (χ2v) is 5.30. The molecule has 0 atom stereocenters. The van der Waals surface area contributed by atoms with Gasteiger partial charge in [0.15, 0.2) is 0 Å². The highest BCUT2D eigenvalue weighted by atomic mass is 19.4. The second-order valence-electron chi connectivity index (χ2n) is 5.30. The summed E-state index contributed by atoms with van der Waals surface area (Å²) in [6.45, 7) is -0.397. The van der Waals surface area contributed by atoms with E-state index in [1.807, 2.05) is 0 Å². The van der Waals surface area contributed by atoms with E-state index in [1.165, 1.54) is 31.3 Å². The highest BCUT2D eigenvalue weighted by Crippen LogP contribution is 2.29. The Balaban J connectivity index is 2.04. The Labute approximate surface area is 141 Å². The Morgan fingerprint density at radius 2 is 1.76 bits per heavy atom. The Kier molecular flexibility index (Phi) is 5.41. The Hall–Kier alpha value is -2.90. The van der Waals surface area contributed by atoms with Crippen LogP contribution in [0.25, 0.3) is 0 Å². The lowest BCUT2D eigenvalue weighted by Crippen LogP contribution is -2.35. The van der Waals surface area contributed by atoms with Gasteiger partial charge in [0.1, 0.15) is 5.82 Å². The first-order chi connectivity index (χ1) is 11.7. The fourth-order valence-corrected chi connectivity index (χ4v) is 2.10. The van der Waals surface area contributed by atoms with Crippen LogP contribution in [0.1, 0.15) is 15.9 Å². The standard InChI is InChI=1S/C17H14F4N2O2/c1-23(10-15(24)22-14-7-3-6-13(18)9-14)16(25)11-4-2-5-12(8-11)17(19,20)21/h2-9H,10H2,1H3,(H,22,24). The molecule has 2 amide bonds. The minimum atomic E-state index is -4.57. The molecule has 2 rings (SSSR count). The summed E-state index contributed by atoms with van der Waals surface area (Å²) in [4.78, 5) is 25.0. The lowest BCUT2D eigenvalue weighted by Gasteiger charge is -2.17. The highest BCUT2D eigenvalue weighted by molar-refractivity contribution is 5.99. The maximum absolute atomic E-state index is 13.1. The van der Waals surface area contributed by atoms with Crippen molar-refractivity contribution in [2.24, 2.45) is 0 Å². The molecule has 0 spiro atoms. The van der Waals surface area contributed by atoms with Crippen molar-refractivity contribution in [3.8, 4) is 0 Å². The lowest BCUT2D eigenvalue weighted by atomic mass is 10.1. The molecular formula is C17H14F4N2O2. The zero-order chi connectivity index (χ0) is 18.6. The molecule has 8 heteroatoms. The average Bonchev–Trinajstić information content (AvgIpc) is 2.53. The number of anilines is 1. The third-order valence-corrected chi connectivity index (χ3v) is 3.27. The molecule has 2 aromatic rings. The number of likely N-dealkylation sites (N-methyl/N-ethyl adjacent to an activating group) is 1. The Morgan fingerprint density at radius 1 is 1.08 bits per heavy atom. The van der Waals surface area contributed by atoms with Gasteiger partial charge in [0, 0.05) is 18.3 Å². The van der Waals surface area contributed by atoms with Crippen LogP contribution >= 0.6 is 0 Å². The minimum Gasteiger partial charge on any atom is -0.332 e. The summed E-state index contributed by atoms with van der Waals surface area (Å²) in [5.74, 6) is -1.87. The molecule has 0 aromatic heterocycles. The number of nitrogens with zero attached hydrogens (tertiary/aromatic N) is 1. The predicted octanol–water partition coefficient (Wildman–Crippen LogP) is 3.56. The first-order valence-corrected chi connectivity index (χ1v) is 7.15. The number of alkyl halides is 3. The van der Waals surface area contributed by atoms with Crippen LogP contribution in [0, 0.1) is 5.82 Å². The molecule has 4 nitrogen and oxygen atoms in total. The number of carbonyl (C=O) groups excluding carboxylic acids is 2. The number of amides is 2. The van der Waals surface area contributed by atoms with Crippen LogP contribution in [-0.2, 0) is 11.0 Å². The zero-order valence-corrected chi connectivity index (χ0v) is 13.1. The summed E-state index contributed by atoms with van der Waals surface area (Å²) < 4.78 is 51.1. The number of halogens is 4. The zero-order valence-electron chi connectivity index (χ0n) is 13.1. The van der Waals surface area contributed by atoms with Gasteiger partial charge in [-0.05, 0) is 36.4 Å². The predicted molar refractivity (Wildman–Crippen MR) is 83.4 cm³/mol. The van der Waals surface area contributed by atoms with Crippen molar-refractivity contribution >= 4 is 17.5 Å². The van der Waals surface area contributed by atoms with E-state index < -0.39 is 35.9 Å². The van der Waals surface area contributed by atoms with E-state index in [0.29, 0.717) is 0 Å². The normalized spacial score (nSPS) is 11.1. The Bertz CT molecular complexity index is 790. The maximum atomic E-state index is 13.1. The first kappa shape index (κ1) is 18.4. The topological polar surface area (TPSA) is 49.4 Å². The molecule has 0 saturated carbocycles. The maximum Gasteiger partial charge on any atom is 0.416 e. The van der Waals surface area contributed by atoms with Crippen LogP contribution in [0.5, 0.6) is 0 Å². The molecule has 1 N–H and O–H groups in total. The number of hydrogen-bond acceptors (Lipinski definition) is 2. The van der Waals surface area contributed by atoms with Crippen LogP contribution in [0.2, 0.25) is 0 Å². The van der Waals surface area contributed by atoms with Crippen LogP contribution in [0.15, 0.2) is 48.5 Å². The molecule has 0 heterocycles. The summed E-state index contributed by atoms with van der Waals surface area (Å²) in [5, 5.41) is 2.40. The lowest BCUT2D eigenvalue weighted by molar-refractivity contribution is -0.137. The van der Waals surface area contributed by atoms with Crippen LogP contribution < -0.4 is 5.32 Å². The number of benzene rings is 2. The molecule has 0 aliphatic heterocycles. The van der Waals surface area contributed by atoms with Crippen LogP contribution in [-0.4, -0.2) is 30.3 Å². The molecule has 0 saturated heterocycles. The van der Waals surface area contributed by atoms with Crippen molar-refractivity contribution in [3.05, 3.63) is 65.5 Å². The van der Waals surface area contributed by atoms with Gasteiger partial charge in [-0.25, -0.2) is 4.39 Å². The van der Waals surface area contributed by atoms with Crippen molar-refractivity contribution in [1.82, 2.24) is 4.90 Å².